The Morgan fingerprint density at radius 3 is 2.81 bits per heavy atom. The summed E-state index contributed by atoms with van der Waals surface area (Å²) in [6.45, 7) is 7.81. The van der Waals surface area contributed by atoms with Crippen molar-refractivity contribution >= 4 is 0 Å². The topological polar surface area (TPSA) is 64.9 Å². The molecule has 1 aromatic rings. The van der Waals surface area contributed by atoms with Crippen LogP contribution in [-0.4, -0.2) is 40.5 Å². The van der Waals surface area contributed by atoms with E-state index in [1.54, 1.807) is 7.11 Å². The molecule has 6 nitrogen and oxygen atoms in total. The van der Waals surface area contributed by atoms with Crippen LogP contribution in [0.3, 0.4) is 0 Å². The van der Waals surface area contributed by atoms with Gasteiger partial charge >= 0.3 is 0 Å². The molecule has 0 radical (unpaired) electrons. The van der Waals surface area contributed by atoms with Crippen molar-refractivity contribution in [2.24, 2.45) is 0 Å². The Labute approximate surface area is 96.4 Å². The van der Waals surface area contributed by atoms with Gasteiger partial charge in [0.25, 0.3) is 0 Å². The number of tetrazole rings is 1. The molecule has 2 unspecified atom stereocenters. The Bertz CT molecular complexity index is 301. The fourth-order valence-corrected chi connectivity index (χ4v) is 1.56. The molecule has 6 heteroatoms. The van der Waals surface area contributed by atoms with E-state index in [2.05, 4.69) is 34.7 Å². The van der Waals surface area contributed by atoms with Gasteiger partial charge in [0.15, 0.2) is 5.82 Å². The van der Waals surface area contributed by atoms with E-state index in [-0.39, 0.29) is 12.1 Å². The highest BCUT2D eigenvalue weighted by molar-refractivity contribution is 4.91. The molecule has 92 valence electrons. The van der Waals surface area contributed by atoms with E-state index >= 15 is 0 Å². The molecule has 2 atom stereocenters. The van der Waals surface area contributed by atoms with Crippen molar-refractivity contribution in [3.05, 3.63) is 5.82 Å². The van der Waals surface area contributed by atoms with Gasteiger partial charge in [-0.1, -0.05) is 6.92 Å². The van der Waals surface area contributed by atoms with Crippen molar-refractivity contribution in [3.8, 4) is 0 Å². The molecular formula is C10H21N5O. The van der Waals surface area contributed by atoms with Gasteiger partial charge in [0.05, 0.1) is 18.7 Å². The average Bonchev–Trinajstić information content (AvgIpc) is 2.75. The predicted molar refractivity (Wildman–Crippen MR) is 61.1 cm³/mol. The fraction of sp³-hybridized carbons (Fsp3) is 0.900. The zero-order valence-corrected chi connectivity index (χ0v) is 10.5. The van der Waals surface area contributed by atoms with Crippen molar-refractivity contribution in [3.63, 3.8) is 0 Å². The van der Waals surface area contributed by atoms with Gasteiger partial charge in [-0.05, 0) is 37.2 Å². The third kappa shape index (κ3) is 3.24. The lowest BCUT2D eigenvalue weighted by Crippen LogP contribution is -2.25. The second-order valence-corrected chi connectivity index (χ2v) is 3.96. The average molecular weight is 227 g/mol. The summed E-state index contributed by atoms with van der Waals surface area (Å²) in [6.07, 6.45) is 1.10. The van der Waals surface area contributed by atoms with Crippen molar-refractivity contribution < 1.29 is 4.74 Å². The monoisotopic (exact) mass is 227 g/mol. The summed E-state index contributed by atoms with van der Waals surface area (Å²) in [5.74, 6) is 0.859. The maximum atomic E-state index is 5.11. The molecule has 1 aromatic heterocycles. The lowest BCUT2D eigenvalue weighted by atomic mass is 10.2. The summed E-state index contributed by atoms with van der Waals surface area (Å²) < 4.78 is 6.92. The number of aromatic nitrogens is 4. The summed E-state index contributed by atoms with van der Waals surface area (Å²) in [6, 6.07) is 0.315. The first kappa shape index (κ1) is 13.1. The minimum atomic E-state index is 0.154. The van der Waals surface area contributed by atoms with Crippen LogP contribution in [0, 0.1) is 0 Å². The molecule has 1 heterocycles. The van der Waals surface area contributed by atoms with Gasteiger partial charge < -0.3 is 10.1 Å². The molecular weight excluding hydrogens is 206 g/mol. The highest BCUT2D eigenvalue weighted by atomic mass is 16.5. The molecule has 1 N–H and O–H groups in total. The Balaban J connectivity index is 2.68. The SMILES string of the molecule is CCCNC(C)c1nnnn1C(C)COC. The normalized spacial score (nSPS) is 15.0. The molecule has 0 aliphatic heterocycles. The summed E-state index contributed by atoms with van der Waals surface area (Å²) in [4.78, 5) is 0. The Hall–Kier alpha value is -1.01. The number of hydrogen-bond acceptors (Lipinski definition) is 5. The fourth-order valence-electron chi connectivity index (χ4n) is 1.56. The van der Waals surface area contributed by atoms with Crippen LogP contribution in [0.5, 0.6) is 0 Å². The molecule has 0 aliphatic rings. The van der Waals surface area contributed by atoms with Crippen molar-refractivity contribution in [1.29, 1.82) is 0 Å². The predicted octanol–water partition coefficient (Wildman–Crippen LogP) is 0.941. The zero-order chi connectivity index (χ0) is 12.0. The summed E-state index contributed by atoms with van der Waals surface area (Å²) in [7, 11) is 1.68. The van der Waals surface area contributed by atoms with Crippen molar-refractivity contribution in [2.45, 2.75) is 39.3 Å². The number of methoxy groups -OCH3 is 1. The van der Waals surface area contributed by atoms with Crippen molar-refractivity contribution in [2.75, 3.05) is 20.3 Å². The number of ether oxygens (including phenoxy) is 1. The van der Waals surface area contributed by atoms with Crippen LogP contribution >= 0.6 is 0 Å². The van der Waals surface area contributed by atoms with Crippen LogP contribution in [0.15, 0.2) is 0 Å². The molecule has 0 saturated heterocycles. The Morgan fingerprint density at radius 2 is 2.19 bits per heavy atom. The third-order valence-electron chi connectivity index (χ3n) is 2.43. The number of rotatable bonds is 7. The van der Waals surface area contributed by atoms with Gasteiger partial charge in [-0.2, -0.15) is 0 Å². The van der Waals surface area contributed by atoms with Gasteiger partial charge in [0, 0.05) is 7.11 Å². The van der Waals surface area contributed by atoms with Gasteiger partial charge in [0.1, 0.15) is 0 Å². The van der Waals surface area contributed by atoms with Gasteiger partial charge in [-0.15, -0.1) is 5.10 Å². The third-order valence-corrected chi connectivity index (χ3v) is 2.43. The zero-order valence-electron chi connectivity index (χ0n) is 10.5. The van der Waals surface area contributed by atoms with Gasteiger partial charge in [-0.3, -0.25) is 0 Å². The summed E-state index contributed by atoms with van der Waals surface area (Å²) in [5, 5.41) is 15.1. The van der Waals surface area contributed by atoms with E-state index in [1.165, 1.54) is 0 Å². The minimum Gasteiger partial charge on any atom is -0.382 e. The molecule has 0 bridgehead atoms. The molecule has 0 aromatic carbocycles. The maximum Gasteiger partial charge on any atom is 0.168 e. The van der Waals surface area contributed by atoms with Crippen LogP contribution in [0.4, 0.5) is 0 Å². The summed E-state index contributed by atoms with van der Waals surface area (Å²) >= 11 is 0. The first-order chi connectivity index (χ1) is 7.70. The maximum absolute atomic E-state index is 5.11. The van der Waals surface area contributed by atoms with Gasteiger partial charge in [0.2, 0.25) is 0 Å². The largest absolute Gasteiger partial charge is 0.382 e. The summed E-state index contributed by atoms with van der Waals surface area (Å²) in [5.41, 5.74) is 0. The van der Waals surface area contributed by atoms with Gasteiger partial charge in [-0.25, -0.2) is 4.68 Å². The van der Waals surface area contributed by atoms with Crippen LogP contribution in [0.2, 0.25) is 0 Å². The van der Waals surface area contributed by atoms with E-state index in [9.17, 15) is 0 Å². The van der Waals surface area contributed by atoms with Crippen molar-refractivity contribution in [1.82, 2.24) is 25.5 Å². The molecule has 16 heavy (non-hydrogen) atoms. The first-order valence-electron chi connectivity index (χ1n) is 5.70. The molecule has 0 saturated carbocycles. The minimum absolute atomic E-state index is 0.154. The van der Waals surface area contributed by atoms with E-state index < -0.39 is 0 Å². The highest BCUT2D eigenvalue weighted by Crippen LogP contribution is 2.12. The second kappa shape index (κ2) is 6.55. The second-order valence-electron chi connectivity index (χ2n) is 3.96. The lowest BCUT2D eigenvalue weighted by molar-refractivity contribution is 0.153. The van der Waals surface area contributed by atoms with E-state index in [0.29, 0.717) is 6.61 Å². The highest BCUT2D eigenvalue weighted by Gasteiger charge is 2.17. The van der Waals surface area contributed by atoms with E-state index in [1.807, 2.05) is 11.6 Å². The van der Waals surface area contributed by atoms with Crippen LogP contribution in [0.25, 0.3) is 0 Å². The lowest BCUT2D eigenvalue weighted by Gasteiger charge is -2.16. The van der Waals surface area contributed by atoms with E-state index in [4.69, 9.17) is 4.74 Å². The van der Waals surface area contributed by atoms with Crippen LogP contribution in [0.1, 0.15) is 45.1 Å². The quantitative estimate of drug-likeness (QED) is 0.751. The molecule has 1 rings (SSSR count). The van der Waals surface area contributed by atoms with Crippen LogP contribution < -0.4 is 5.32 Å². The molecule has 0 amide bonds. The first-order valence-corrected chi connectivity index (χ1v) is 5.70. The number of hydrogen-bond donors (Lipinski definition) is 1. The standard InChI is InChI=1S/C10H21N5O/c1-5-6-11-9(3)10-12-13-14-15(10)8(2)7-16-4/h8-9,11H,5-7H2,1-4H3. The van der Waals surface area contributed by atoms with Crippen LogP contribution in [-0.2, 0) is 4.74 Å². The van der Waals surface area contributed by atoms with E-state index in [0.717, 1.165) is 18.8 Å². The smallest absolute Gasteiger partial charge is 0.168 e. The number of nitrogens with one attached hydrogen (secondary N) is 1. The number of nitrogens with zero attached hydrogens (tertiary/aromatic N) is 4. The molecule has 0 spiro atoms. The molecule has 0 aliphatic carbocycles. The Morgan fingerprint density at radius 1 is 1.44 bits per heavy atom. The molecule has 0 fully saturated rings. The Kier molecular flexibility index (Phi) is 5.34.